The molecule has 0 aliphatic rings. The molecular formula is C51H73N9O16. The number of rotatable bonds is 34. The molecule has 0 fully saturated rings. The van der Waals surface area contributed by atoms with Gasteiger partial charge in [0.2, 0.25) is 47.3 Å². The summed E-state index contributed by atoms with van der Waals surface area (Å²) in [5.74, 6) is -12.5. The highest BCUT2D eigenvalue weighted by Crippen LogP contribution is 2.14. The van der Waals surface area contributed by atoms with E-state index in [9.17, 15) is 72.9 Å². The van der Waals surface area contributed by atoms with Crippen LogP contribution in [-0.2, 0) is 59.2 Å². The largest absolute Gasteiger partial charge is 0.508 e. The standard InChI is InChI=1S/C51H73N9O16/c1-28(2)24-36(58-50(74)43(29(3)4)59-39(63)26-53-45(69)32-12-8-7-9-13-32)49(73)55-34(14-10-11-23-52-38(62)20-22-42(67)68)47(71)56-35(19-21-41(65)66)48(72)57-37(25-31-15-17-33(61)18-16-31)46(70)54-27-40(64)60-44(30(5)6)51(75)76/h7-9,12-13,15-18,28-30,34-37,43-44,61H,10-11,14,19-27H2,1-6H3,(H,52,62)(H,53,69)(H,54,70)(H,55,73)(H,56,71)(H,57,72)(H,58,74)(H,59,63)(H,60,64)(H,65,66)(H,67,68)(H,75,76)/t34-,35-,36-,37-,43-,44-/m0/s1. The summed E-state index contributed by atoms with van der Waals surface area (Å²) in [5, 5.41) is 60.4. The Labute approximate surface area is 440 Å². The maximum Gasteiger partial charge on any atom is 0.326 e. The average molecular weight is 1070 g/mol. The molecule has 25 nitrogen and oxygen atoms in total. The summed E-state index contributed by atoms with van der Waals surface area (Å²) in [6.07, 6.45) is -1.99. The summed E-state index contributed by atoms with van der Waals surface area (Å²) < 4.78 is 0. The molecule has 0 heterocycles. The van der Waals surface area contributed by atoms with Crippen molar-refractivity contribution in [2.45, 2.75) is 136 Å². The third kappa shape index (κ3) is 24.7. The average Bonchev–Trinajstić information content (AvgIpc) is 3.35. The van der Waals surface area contributed by atoms with Crippen LogP contribution in [0.3, 0.4) is 0 Å². The van der Waals surface area contributed by atoms with Crippen LogP contribution in [-0.4, -0.2) is 147 Å². The van der Waals surface area contributed by atoms with Gasteiger partial charge in [-0.25, -0.2) is 4.79 Å². The van der Waals surface area contributed by atoms with Crippen molar-refractivity contribution in [2.75, 3.05) is 19.6 Å². The van der Waals surface area contributed by atoms with Gasteiger partial charge in [0.25, 0.3) is 5.91 Å². The van der Waals surface area contributed by atoms with E-state index in [0.717, 1.165) is 0 Å². The molecule has 2 aromatic rings. The van der Waals surface area contributed by atoms with Crippen molar-refractivity contribution in [3.63, 3.8) is 0 Å². The van der Waals surface area contributed by atoms with Gasteiger partial charge in [0.15, 0.2) is 0 Å². The third-order valence-electron chi connectivity index (χ3n) is 11.5. The second kappa shape index (κ2) is 32.9. The highest BCUT2D eigenvalue weighted by atomic mass is 16.4. The normalized spacial score (nSPS) is 13.3. The molecule has 0 spiro atoms. The summed E-state index contributed by atoms with van der Waals surface area (Å²) in [6.45, 7) is 8.77. The van der Waals surface area contributed by atoms with Crippen molar-refractivity contribution in [2.24, 2.45) is 17.8 Å². The van der Waals surface area contributed by atoms with Gasteiger partial charge in [0, 0.05) is 31.4 Å². The third-order valence-corrected chi connectivity index (χ3v) is 11.5. The Morgan fingerprint density at radius 3 is 1.53 bits per heavy atom. The van der Waals surface area contributed by atoms with Gasteiger partial charge >= 0.3 is 17.9 Å². The van der Waals surface area contributed by atoms with Gasteiger partial charge in [-0.2, -0.15) is 0 Å². The minimum Gasteiger partial charge on any atom is -0.508 e. The molecule has 0 bridgehead atoms. The molecule has 13 N–H and O–H groups in total. The number of aromatic hydroxyl groups is 1. The molecule has 76 heavy (non-hydrogen) atoms. The van der Waals surface area contributed by atoms with Crippen LogP contribution in [0.1, 0.15) is 109 Å². The molecule has 0 aliphatic heterocycles. The molecule has 418 valence electrons. The molecule has 25 heteroatoms. The number of unbranched alkanes of at least 4 members (excludes halogenated alkanes) is 1. The Balaban J connectivity index is 2.43. The first-order chi connectivity index (χ1) is 35.8. The number of phenols is 1. The van der Waals surface area contributed by atoms with E-state index in [0.29, 0.717) is 11.1 Å². The SMILES string of the molecule is CC(C)C[C@H](NC(=O)[C@@H](NC(=O)CNC(=O)c1ccccc1)C(C)C)C(=O)N[C@@H](CCCCNC(=O)CCC(=O)O)C(=O)N[C@@H](CCC(=O)O)C(=O)N[C@@H](Cc1ccc(O)cc1)C(=O)NCC(=O)N[C@H](C(=O)O)C(C)C. The molecule has 9 amide bonds. The van der Waals surface area contributed by atoms with Gasteiger partial charge in [0.05, 0.1) is 19.5 Å². The first kappa shape index (κ1) is 64.0. The second-order valence-electron chi connectivity index (χ2n) is 19.1. The highest BCUT2D eigenvalue weighted by Gasteiger charge is 2.34. The van der Waals surface area contributed by atoms with Gasteiger partial charge in [-0.05, 0) is 79.7 Å². The molecule has 0 radical (unpaired) electrons. The lowest BCUT2D eigenvalue weighted by molar-refractivity contribution is -0.143. The number of carboxylic acid groups (broad SMARTS) is 3. The number of amides is 9. The number of carbonyl (C=O) groups is 12. The Hall–Kier alpha value is -8.12. The Morgan fingerprint density at radius 1 is 0.474 bits per heavy atom. The van der Waals surface area contributed by atoms with Crippen LogP contribution in [0.4, 0.5) is 0 Å². The minimum atomic E-state index is -1.68. The maximum atomic E-state index is 14.3. The van der Waals surface area contributed by atoms with E-state index in [2.05, 4.69) is 47.9 Å². The van der Waals surface area contributed by atoms with Crippen molar-refractivity contribution in [3.05, 3.63) is 65.7 Å². The number of aliphatic carboxylic acids is 3. The fourth-order valence-electron chi connectivity index (χ4n) is 7.31. The van der Waals surface area contributed by atoms with E-state index in [1.165, 1.54) is 24.3 Å². The van der Waals surface area contributed by atoms with Crippen LogP contribution >= 0.6 is 0 Å². The number of hydrogen-bond acceptors (Lipinski definition) is 13. The molecule has 0 unspecified atom stereocenters. The molecule has 0 aliphatic carbocycles. The number of hydrogen-bond donors (Lipinski definition) is 13. The fraction of sp³-hybridized carbons (Fsp3) is 0.529. The topological polar surface area (TPSA) is 394 Å². The van der Waals surface area contributed by atoms with Gasteiger partial charge < -0.3 is 68.3 Å². The lowest BCUT2D eigenvalue weighted by atomic mass is 9.99. The first-order valence-corrected chi connectivity index (χ1v) is 24.9. The van der Waals surface area contributed by atoms with Crippen molar-refractivity contribution in [1.82, 2.24) is 47.9 Å². The van der Waals surface area contributed by atoms with Crippen LogP contribution in [0, 0.1) is 17.8 Å². The Bertz CT molecular complexity index is 2330. The van der Waals surface area contributed by atoms with E-state index in [-0.39, 0.29) is 56.7 Å². The predicted octanol–water partition coefficient (Wildman–Crippen LogP) is -0.151. The van der Waals surface area contributed by atoms with E-state index >= 15 is 0 Å². The molecule has 2 rings (SSSR count). The van der Waals surface area contributed by atoms with Crippen LogP contribution < -0.4 is 47.9 Å². The van der Waals surface area contributed by atoms with Crippen LogP contribution in [0.15, 0.2) is 54.6 Å². The molecule has 6 atom stereocenters. The summed E-state index contributed by atoms with van der Waals surface area (Å²) >= 11 is 0. The van der Waals surface area contributed by atoms with Crippen molar-refractivity contribution >= 4 is 71.1 Å². The molecule has 2 aromatic carbocycles. The number of benzene rings is 2. The van der Waals surface area contributed by atoms with Crippen LogP contribution in [0.2, 0.25) is 0 Å². The summed E-state index contributed by atoms with van der Waals surface area (Å²) in [6, 6.07) is 5.12. The van der Waals surface area contributed by atoms with Gasteiger partial charge in [0.1, 0.15) is 42.0 Å². The summed E-state index contributed by atoms with van der Waals surface area (Å²) in [5.41, 5.74) is 0.705. The second-order valence-corrected chi connectivity index (χ2v) is 19.1. The lowest BCUT2D eigenvalue weighted by Crippen LogP contribution is -2.60. The minimum absolute atomic E-state index is 0.0217. The molecule has 0 aromatic heterocycles. The van der Waals surface area contributed by atoms with E-state index in [1.54, 1.807) is 71.9 Å². The summed E-state index contributed by atoms with van der Waals surface area (Å²) in [7, 11) is 0. The lowest BCUT2D eigenvalue weighted by Gasteiger charge is -2.28. The van der Waals surface area contributed by atoms with Crippen LogP contribution in [0.5, 0.6) is 5.75 Å². The quantitative estimate of drug-likeness (QED) is 0.0405. The highest BCUT2D eigenvalue weighted by molar-refractivity contribution is 5.99. The molecule has 0 saturated heterocycles. The molecular weight excluding hydrogens is 995 g/mol. The van der Waals surface area contributed by atoms with E-state index < -0.39 is 152 Å². The van der Waals surface area contributed by atoms with Gasteiger partial charge in [-0.15, -0.1) is 0 Å². The van der Waals surface area contributed by atoms with E-state index in [1.807, 2.05) is 0 Å². The van der Waals surface area contributed by atoms with E-state index in [4.69, 9.17) is 5.11 Å². The predicted molar refractivity (Wildman–Crippen MR) is 273 cm³/mol. The smallest absolute Gasteiger partial charge is 0.326 e. The number of nitrogens with one attached hydrogen (secondary N) is 9. The van der Waals surface area contributed by atoms with Crippen molar-refractivity contribution in [3.8, 4) is 5.75 Å². The number of carboxylic acids is 3. The Morgan fingerprint density at radius 2 is 0.987 bits per heavy atom. The van der Waals surface area contributed by atoms with Gasteiger partial charge in [-0.3, -0.25) is 52.7 Å². The summed E-state index contributed by atoms with van der Waals surface area (Å²) in [4.78, 5) is 155. The zero-order chi connectivity index (χ0) is 57.1. The maximum absolute atomic E-state index is 14.3. The Kier molecular flexibility index (Phi) is 27.7. The fourth-order valence-corrected chi connectivity index (χ4v) is 7.31. The number of carbonyl (C=O) groups excluding carboxylic acids is 9. The van der Waals surface area contributed by atoms with Crippen molar-refractivity contribution in [1.29, 1.82) is 0 Å². The van der Waals surface area contributed by atoms with Crippen LogP contribution in [0.25, 0.3) is 0 Å². The zero-order valence-corrected chi connectivity index (χ0v) is 43.6. The van der Waals surface area contributed by atoms with Crippen molar-refractivity contribution < 1.29 is 78.0 Å². The molecule has 0 saturated carbocycles. The zero-order valence-electron chi connectivity index (χ0n) is 43.6. The number of phenolic OH excluding ortho intramolecular Hbond substituents is 1. The van der Waals surface area contributed by atoms with Gasteiger partial charge in [-0.1, -0.05) is 71.9 Å². The first-order valence-electron chi connectivity index (χ1n) is 24.9. The monoisotopic (exact) mass is 1070 g/mol.